The van der Waals surface area contributed by atoms with E-state index in [0.29, 0.717) is 38.4 Å². The second kappa shape index (κ2) is 10.4. The number of benzene rings is 2. The molecule has 1 amide bonds. The molecule has 1 heterocycles. The molecular weight excluding hydrogens is 456 g/mol. The molecule has 1 aliphatic heterocycles. The minimum atomic E-state index is -3.93. The lowest BCUT2D eigenvalue weighted by molar-refractivity contribution is -0.122. The molecule has 9 nitrogen and oxygen atoms in total. The maximum atomic E-state index is 13.1. The summed E-state index contributed by atoms with van der Waals surface area (Å²) in [7, 11) is -3.93. The zero-order chi connectivity index (χ0) is 25.0. The van der Waals surface area contributed by atoms with Gasteiger partial charge in [0.15, 0.2) is 0 Å². The van der Waals surface area contributed by atoms with Crippen LogP contribution in [0.5, 0.6) is 0 Å². The molecule has 0 radical (unpaired) electrons. The van der Waals surface area contributed by atoms with Crippen LogP contribution in [-0.2, 0) is 14.8 Å². The number of carbonyl (C=O) groups excluding carboxylic acids is 1. The number of rotatable bonds is 8. The van der Waals surface area contributed by atoms with Crippen molar-refractivity contribution in [1.29, 1.82) is 0 Å². The largest absolute Gasteiger partial charge is 0.478 e. The Labute approximate surface area is 200 Å². The number of piperazine rings is 1. The Bertz CT molecular complexity index is 1170. The number of hydrogen-bond donors (Lipinski definition) is 3. The molecule has 0 unspecified atom stereocenters. The third-order valence-electron chi connectivity index (χ3n) is 5.81. The van der Waals surface area contributed by atoms with Gasteiger partial charge in [0, 0.05) is 32.2 Å². The average Bonchev–Trinajstić information content (AvgIpc) is 2.75. The minimum absolute atomic E-state index is 0.00877. The standard InChI is InChI=1S/C24H32N4O5S/c1-16(2)25-23(29)15-27-9-11-28(12-10-27)22-8-6-19(24(30)31)14-21(22)26-34(32,33)20-7-5-17(3)18(4)13-20/h5-8,13-14,16,26H,9-12,15H2,1-4H3,(H,25,29)(H,30,31). The molecule has 0 aromatic heterocycles. The molecule has 3 N–H and O–H groups in total. The molecule has 1 saturated heterocycles. The summed E-state index contributed by atoms with van der Waals surface area (Å²) in [5.41, 5.74) is 2.63. The first-order valence-electron chi connectivity index (χ1n) is 11.2. The number of anilines is 2. The fraction of sp³-hybridized carbons (Fsp3) is 0.417. The summed E-state index contributed by atoms with van der Waals surface area (Å²) in [4.78, 5) is 27.8. The van der Waals surface area contributed by atoms with Gasteiger partial charge in [0.1, 0.15) is 0 Å². The first-order chi connectivity index (χ1) is 16.0. The second-order valence-corrected chi connectivity index (χ2v) is 10.6. The first-order valence-corrected chi connectivity index (χ1v) is 12.7. The molecule has 1 fully saturated rings. The lowest BCUT2D eigenvalue weighted by Crippen LogP contribution is -2.50. The van der Waals surface area contributed by atoms with Crippen LogP contribution in [-0.4, -0.2) is 69.1 Å². The third kappa shape index (κ3) is 6.27. The van der Waals surface area contributed by atoms with Crippen LogP contribution in [0.25, 0.3) is 0 Å². The topological polar surface area (TPSA) is 119 Å². The molecular formula is C24H32N4O5S. The number of carbonyl (C=O) groups is 2. The average molecular weight is 489 g/mol. The number of nitrogens with one attached hydrogen (secondary N) is 2. The predicted octanol–water partition coefficient (Wildman–Crippen LogP) is 2.45. The maximum absolute atomic E-state index is 13.1. The van der Waals surface area contributed by atoms with Gasteiger partial charge in [-0.1, -0.05) is 6.07 Å². The fourth-order valence-electron chi connectivity index (χ4n) is 3.83. The molecule has 1 aliphatic rings. The molecule has 0 atom stereocenters. The van der Waals surface area contributed by atoms with Crippen molar-refractivity contribution < 1.29 is 23.1 Å². The quantitative estimate of drug-likeness (QED) is 0.522. The van der Waals surface area contributed by atoms with Crippen LogP contribution in [0.15, 0.2) is 41.3 Å². The summed E-state index contributed by atoms with van der Waals surface area (Å²) < 4.78 is 28.8. The SMILES string of the molecule is Cc1ccc(S(=O)(=O)Nc2cc(C(=O)O)ccc2N2CCN(CC(=O)NC(C)C)CC2)cc1C. The number of sulfonamides is 1. The number of amides is 1. The van der Waals surface area contributed by atoms with Crippen LogP contribution in [0.1, 0.15) is 35.3 Å². The van der Waals surface area contributed by atoms with Crippen molar-refractivity contribution in [2.45, 2.75) is 38.6 Å². The van der Waals surface area contributed by atoms with E-state index in [9.17, 15) is 23.1 Å². The number of carboxylic acid groups (broad SMARTS) is 1. The highest BCUT2D eigenvalue weighted by Crippen LogP contribution is 2.31. The van der Waals surface area contributed by atoms with Crippen molar-refractivity contribution in [3.8, 4) is 0 Å². The summed E-state index contributed by atoms with van der Waals surface area (Å²) in [5.74, 6) is -1.17. The van der Waals surface area contributed by atoms with Gasteiger partial charge < -0.3 is 15.3 Å². The minimum Gasteiger partial charge on any atom is -0.478 e. The van der Waals surface area contributed by atoms with Gasteiger partial charge in [0.05, 0.1) is 28.4 Å². The normalized spacial score (nSPS) is 14.8. The van der Waals surface area contributed by atoms with Crippen LogP contribution in [0.4, 0.5) is 11.4 Å². The van der Waals surface area contributed by atoms with Crippen LogP contribution in [0.2, 0.25) is 0 Å². The molecule has 10 heteroatoms. The number of aromatic carboxylic acids is 1. The Balaban J connectivity index is 1.82. The first kappa shape index (κ1) is 25.5. The molecule has 184 valence electrons. The Morgan fingerprint density at radius 2 is 1.68 bits per heavy atom. The van der Waals surface area contributed by atoms with Gasteiger partial charge in [0.25, 0.3) is 10.0 Å². The van der Waals surface area contributed by atoms with Crippen molar-refractivity contribution >= 4 is 33.3 Å². The van der Waals surface area contributed by atoms with E-state index in [0.717, 1.165) is 11.1 Å². The highest BCUT2D eigenvalue weighted by molar-refractivity contribution is 7.92. The van der Waals surface area contributed by atoms with E-state index in [4.69, 9.17) is 0 Å². The Kier molecular flexibility index (Phi) is 7.83. The Morgan fingerprint density at radius 1 is 1.00 bits per heavy atom. The van der Waals surface area contributed by atoms with E-state index in [-0.39, 0.29) is 28.1 Å². The number of aryl methyl sites for hydroxylation is 2. The summed E-state index contributed by atoms with van der Waals surface area (Å²) in [6, 6.07) is 9.39. The van der Waals surface area contributed by atoms with E-state index < -0.39 is 16.0 Å². The van der Waals surface area contributed by atoms with Crippen molar-refractivity contribution in [3.05, 3.63) is 53.1 Å². The predicted molar refractivity (Wildman–Crippen MR) is 132 cm³/mol. The molecule has 34 heavy (non-hydrogen) atoms. The van der Waals surface area contributed by atoms with Crippen LogP contribution in [0.3, 0.4) is 0 Å². The van der Waals surface area contributed by atoms with Gasteiger partial charge in [-0.15, -0.1) is 0 Å². The lowest BCUT2D eigenvalue weighted by Gasteiger charge is -2.36. The van der Waals surface area contributed by atoms with E-state index in [1.807, 2.05) is 37.5 Å². The van der Waals surface area contributed by atoms with Gasteiger partial charge >= 0.3 is 5.97 Å². The molecule has 2 aromatic carbocycles. The highest BCUT2D eigenvalue weighted by Gasteiger charge is 2.24. The molecule has 0 bridgehead atoms. The van der Waals surface area contributed by atoms with Crippen LogP contribution >= 0.6 is 0 Å². The van der Waals surface area contributed by atoms with Gasteiger partial charge in [-0.2, -0.15) is 0 Å². The number of carboxylic acids is 1. The summed E-state index contributed by atoms with van der Waals surface area (Å²) in [6.07, 6.45) is 0. The molecule has 0 saturated carbocycles. The van der Waals surface area contributed by atoms with Crippen molar-refractivity contribution in [1.82, 2.24) is 10.2 Å². The highest BCUT2D eigenvalue weighted by atomic mass is 32.2. The van der Waals surface area contributed by atoms with Crippen molar-refractivity contribution in [2.24, 2.45) is 0 Å². The van der Waals surface area contributed by atoms with Crippen LogP contribution < -0.4 is 14.9 Å². The molecule has 2 aromatic rings. The fourth-order valence-corrected chi connectivity index (χ4v) is 4.98. The smallest absolute Gasteiger partial charge is 0.335 e. The second-order valence-electron chi connectivity index (χ2n) is 8.87. The van der Waals surface area contributed by atoms with Gasteiger partial charge in [-0.05, 0) is 69.2 Å². The Morgan fingerprint density at radius 3 is 2.26 bits per heavy atom. The van der Waals surface area contributed by atoms with Gasteiger partial charge in [0.2, 0.25) is 5.91 Å². The number of hydrogen-bond acceptors (Lipinski definition) is 6. The van der Waals surface area contributed by atoms with Crippen molar-refractivity contribution in [2.75, 3.05) is 42.3 Å². The monoisotopic (exact) mass is 488 g/mol. The molecule has 3 rings (SSSR count). The summed E-state index contributed by atoms with van der Waals surface area (Å²) in [6.45, 7) is 10.3. The molecule has 0 aliphatic carbocycles. The lowest BCUT2D eigenvalue weighted by atomic mass is 10.1. The number of nitrogens with zero attached hydrogens (tertiary/aromatic N) is 2. The van der Waals surface area contributed by atoms with E-state index in [1.165, 1.54) is 18.2 Å². The zero-order valence-corrected chi connectivity index (χ0v) is 20.8. The zero-order valence-electron chi connectivity index (χ0n) is 20.0. The molecule has 0 spiro atoms. The van der Waals surface area contributed by atoms with Crippen LogP contribution in [0, 0.1) is 13.8 Å². The van der Waals surface area contributed by atoms with E-state index in [1.54, 1.807) is 18.2 Å². The van der Waals surface area contributed by atoms with Gasteiger partial charge in [-0.3, -0.25) is 14.4 Å². The third-order valence-corrected chi connectivity index (χ3v) is 7.17. The Hall–Kier alpha value is -3.11. The maximum Gasteiger partial charge on any atom is 0.335 e. The van der Waals surface area contributed by atoms with E-state index in [2.05, 4.69) is 10.0 Å². The summed E-state index contributed by atoms with van der Waals surface area (Å²) in [5, 5.41) is 12.3. The van der Waals surface area contributed by atoms with Crippen molar-refractivity contribution in [3.63, 3.8) is 0 Å². The summed E-state index contributed by atoms with van der Waals surface area (Å²) >= 11 is 0. The van der Waals surface area contributed by atoms with E-state index >= 15 is 0 Å². The van der Waals surface area contributed by atoms with Gasteiger partial charge in [-0.25, -0.2) is 13.2 Å².